The molecule has 0 bridgehead atoms. The second-order valence-corrected chi connectivity index (χ2v) is 4.89. The monoisotopic (exact) mass is 272 g/mol. The van der Waals surface area contributed by atoms with E-state index in [1.54, 1.807) is 11.0 Å². The van der Waals surface area contributed by atoms with Gasteiger partial charge in [-0.1, -0.05) is 0 Å². The first-order chi connectivity index (χ1) is 9.74. The lowest BCUT2D eigenvalue weighted by molar-refractivity contribution is -0.117. The molecule has 0 radical (unpaired) electrons. The third-order valence-corrected chi connectivity index (χ3v) is 3.44. The Morgan fingerprint density at radius 1 is 1.50 bits per heavy atom. The number of nitrogens with zero attached hydrogens (tertiary/aromatic N) is 4. The van der Waals surface area contributed by atoms with Crippen LogP contribution < -0.4 is 10.6 Å². The molecule has 2 aromatic rings. The van der Waals surface area contributed by atoms with E-state index in [-0.39, 0.29) is 11.9 Å². The van der Waals surface area contributed by atoms with Gasteiger partial charge in [0.05, 0.1) is 11.7 Å². The van der Waals surface area contributed by atoms with Gasteiger partial charge in [-0.05, 0) is 60.5 Å². The van der Waals surface area contributed by atoms with Crippen molar-refractivity contribution in [1.29, 1.82) is 0 Å². The first-order valence-electron chi connectivity index (χ1n) is 6.62. The van der Waals surface area contributed by atoms with E-state index >= 15 is 0 Å². The van der Waals surface area contributed by atoms with Gasteiger partial charge in [-0.3, -0.25) is 4.79 Å². The summed E-state index contributed by atoms with van der Waals surface area (Å²) < 4.78 is 1.60. The summed E-state index contributed by atoms with van der Waals surface area (Å²) in [6.45, 7) is 2.87. The molecule has 1 amide bonds. The Bertz CT molecular complexity index is 603. The third-order valence-electron chi connectivity index (χ3n) is 3.44. The minimum absolute atomic E-state index is 0.0251. The van der Waals surface area contributed by atoms with Gasteiger partial charge in [0.25, 0.3) is 0 Å². The Kier molecular flexibility index (Phi) is 3.42. The molecular weight excluding hydrogens is 256 g/mol. The van der Waals surface area contributed by atoms with Crippen molar-refractivity contribution in [2.75, 3.05) is 11.9 Å². The molecule has 2 heterocycles. The molecule has 1 unspecified atom stereocenters. The van der Waals surface area contributed by atoms with E-state index in [0.717, 1.165) is 36.3 Å². The molecule has 104 valence electrons. The number of benzene rings is 1. The van der Waals surface area contributed by atoms with Crippen LogP contribution in [0.15, 0.2) is 24.5 Å². The number of nitrogens with one attached hydrogen (secondary N) is 2. The van der Waals surface area contributed by atoms with Gasteiger partial charge >= 0.3 is 0 Å². The first kappa shape index (κ1) is 12.7. The average Bonchev–Trinajstić information content (AvgIpc) is 3.12. The van der Waals surface area contributed by atoms with Gasteiger partial charge in [0.1, 0.15) is 6.33 Å². The Labute approximate surface area is 116 Å². The number of hydrogen-bond acceptors (Lipinski definition) is 5. The van der Waals surface area contributed by atoms with Crippen LogP contribution in [0, 0.1) is 6.92 Å². The van der Waals surface area contributed by atoms with Crippen LogP contribution in [0.3, 0.4) is 0 Å². The fourth-order valence-electron chi connectivity index (χ4n) is 2.40. The standard InChI is InChI=1S/C13H16N6O/c1-9-7-10(16-13(20)11-3-2-6-14-11)4-5-12(9)19-8-15-17-18-19/h4-5,7-8,11,14H,2-3,6H2,1H3,(H,16,20). The van der Waals surface area contributed by atoms with Crippen LogP contribution in [0.1, 0.15) is 18.4 Å². The van der Waals surface area contributed by atoms with Crippen LogP contribution in [0.4, 0.5) is 5.69 Å². The Balaban J connectivity index is 1.75. The molecular formula is C13H16N6O. The zero-order valence-corrected chi connectivity index (χ0v) is 11.2. The maximum absolute atomic E-state index is 12.0. The molecule has 7 nitrogen and oxygen atoms in total. The first-order valence-corrected chi connectivity index (χ1v) is 6.62. The van der Waals surface area contributed by atoms with Gasteiger partial charge in [0.15, 0.2) is 0 Å². The van der Waals surface area contributed by atoms with Crippen molar-refractivity contribution in [1.82, 2.24) is 25.5 Å². The highest BCUT2D eigenvalue weighted by molar-refractivity contribution is 5.95. The highest BCUT2D eigenvalue weighted by Crippen LogP contribution is 2.18. The van der Waals surface area contributed by atoms with Crippen LogP contribution in [0.2, 0.25) is 0 Å². The normalized spacial score (nSPS) is 18.1. The lowest BCUT2D eigenvalue weighted by atomic mass is 10.1. The predicted octanol–water partition coefficient (Wildman–Crippen LogP) is 0.661. The zero-order chi connectivity index (χ0) is 13.9. The van der Waals surface area contributed by atoms with Crippen molar-refractivity contribution in [2.45, 2.75) is 25.8 Å². The van der Waals surface area contributed by atoms with Crippen molar-refractivity contribution >= 4 is 11.6 Å². The maximum atomic E-state index is 12.0. The second-order valence-electron chi connectivity index (χ2n) is 4.89. The van der Waals surface area contributed by atoms with Crippen LogP contribution >= 0.6 is 0 Å². The maximum Gasteiger partial charge on any atom is 0.241 e. The summed E-state index contributed by atoms with van der Waals surface area (Å²) in [6.07, 6.45) is 3.49. The molecule has 1 aliphatic rings. The van der Waals surface area contributed by atoms with Gasteiger partial charge in [-0.25, -0.2) is 4.68 Å². The summed E-state index contributed by atoms with van der Waals surface area (Å²) >= 11 is 0. The van der Waals surface area contributed by atoms with E-state index in [0.29, 0.717) is 0 Å². The largest absolute Gasteiger partial charge is 0.325 e. The molecule has 1 aromatic heterocycles. The number of tetrazole rings is 1. The summed E-state index contributed by atoms with van der Waals surface area (Å²) in [4.78, 5) is 12.0. The summed E-state index contributed by atoms with van der Waals surface area (Å²) in [5, 5.41) is 17.2. The summed E-state index contributed by atoms with van der Waals surface area (Å²) in [5.41, 5.74) is 2.68. The van der Waals surface area contributed by atoms with Gasteiger partial charge in [0.2, 0.25) is 5.91 Å². The number of aromatic nitrogens is 4. The van der Waals surface area contributed by atoms with Crippen LogP contribution in [-0.4, -0.2) is 38.7 Å². The van der Waals surface area contributed by atoms with Crippen LogP contribution in [0.5, 0.6) is 0 Å². The third kappa shape index (κ3) is 2.53. The number of carbonyl (C=O) groups is 1. The minimum Gasteiger partial charge on any atom is -0.325 e. The fraction of sp³-hybridized carbons (Fsp3) is 0.385. The molecule has 2 N–H and O–H groups in total. The Morgan fingerprint density at radius 3 is 3.05 bits per heavy atom. The number of hydrogen-bond donors (Lipinski definition) is 2. The quantitative estimate of drug-likeness (QED) is 0.857. The van der Waals surface area contributed by atoms with Gasteiger partial charge in [-0.2, -0.15) is 0 Å². The molecule has 0 spiro atoms. The number of amides is 1. The second kappa shape index (κ2) is 5.38. The number of rotatable bonds is 3. The van der Waals surface area contributed by atoms with E-state index in [1.165, 1.54) is 0 Å². The molecule has 20 heavy (non-hydrogen) atoms. The molecule has 1 saturated heterocycles. The average molecular weight is 272 g/mol. The smallest absolute Gasteiger partial charge is 0.241 e. The summed E-state index contributed by atoms with van der Waals surface area (Å²) in [5.74, 6) is 0.0251. The van der Waals surface area contributed by atoms with E-state index in [1.807, 2.05) is 25.1 Å². The lowest BCUT2D eigenvalue weighted by Crippen LogP contribution is -2.35. The van der Waals surface area contributed by atoms with Gasteiger partial charge < -0.3 is 10.6 Å². The Morgan fingerprint density at radius 2 is 2.40 bits per heavy atom. The van der Waals surface area contributed by atoms with Gasteiger partial charge in [-0.15, -0.1) is 5.10 Å². The van der Waals surface area contributed by atoms with E-state index < -0.39 is 0 Å². The van der Waals surface area contributed by atoms with E-state index in [4.69, 9.17) is 0 Å². The lowest BCUT2D eigenvalue weighted by Gasteiger charge is -2.12. The minimum atomic E-state index is -0.0745. The van der Waals surface area contributed by atoms with Crippen LogP contribution in [-0.2, 0) is 4.79 Å². The van der Waals surface area contributed by atoms with Crippen molar-refractivity contribution in [3.8, 4) is 5.69 Å². The highest BCUT2D eigenvalue weighted by atomic mass is 16.2. The number of carbonyl (C=O) groups excluding carboxylic acids is 1. The Hall–Kier alpha value is -2.28. The predicted molar refractivity (Wildman–Crippen MR) is 73.5 cm³/mol. The molecule has 1 atom stereocenters. The van der Waals surface area contributed by atoms with Crippen molar-refractivity contribution < 1.29 is 4.79 Å². The molecule has 3 rings (SSSR count). The van der Waals surface area contributed by atoms with Crippen molar-refractivity contribution in [3.05, 3.63) is 30.1 Å². The highest BCUT2D eigenvalue weighted by Gasteiger charge is 2.21. The van der Waals surface area contributed by atoms with E-state index in [2.05, 4.69) is 26.2 Å². The number of anilines is 1. The molecule has 1 aromatic carbocycles. The topological polar surface area (TPSA) is 84.7 Å². The molecule has 0 saturated carbocycles. The van der Waals surface area contributed by atoms with Gasteiger partial charge in [0, 0.05) is 5.69 Å². The number of aryl methyl sites for hydroxylation is 1. The SMILES string of the molecule is Cc1cc(NC(=O)C2CCCN2)ccc1-n1cnnn1. The molecule has 1 fully saturated rings. The molecule has 0 aliphatic carbocycles. The van der Waals surface area contributed by atoms with Crippen LogP contribution in [0.25, 0.3) is 5.69 Å². The summed E-state index contributed by atoms with van der Waals surface area (Å²) in [7, 11) is 0. The molecule has 1 aliphatic heterocycles. The van der Waals surface area contributed by atoms with E-state index in [9.17, 15) is 4.79 Å². The fourth-order valence-corrected chi connectivity index (χ4v) is 2.40. The van der Waals surface area contributed by atoms with Crippen molar-refractivity contribution in [3.63, 3.8) is 0 Å². The summed E-state index contributed by atoms with van der Waals surface area (Å²) in [6, 6.07) is 5.60. The van der Waals surface area contributed by atoms with Crippen molar-refractivity contribution in [2.24, 2.45) is 0 Å². The zero-order valence-electron chi connectivity index (χ0n) is 11.2. The molecule has 7 heteroatoms.